The largest absolute Gasteiger partial charge is 0.466 e. The molecule has 0 aromatic rings. The number of hydrogen-bond acceptors (Lipinski definition) is 6. The summed E-state index contributed by atoms with van der Waals surface area (Å²) >= 11 is 0. The first-order valence-corrected chi connectivity index (χ1v) is 19.3. The van der Waals surface area contributed by atoms with Crippen LogP contribution in [0.15, 0.2) is 0 Å². The molecular formula is C38H75NO5. The van der Waals surface area contributed by atoms with Gasteiger partial charge in [0.1, 0.15) is 6.10 Å². The van der Waals surface area contributed by atoms with Crippen LogP contribution in [-0.2, 0) is 19.1 Å². The van der Waals surface area contributed by atoms with Crippen LogP contribution in [-0.4, -0.2) is 60.9 Å². The van der Waals surface area contributed by atoms with Crippen molar-refractivity contribution < 1.29 is 24.2 Å². The molecule has 0 fully saturated rings. The minimum absolute atomic E-state index is 0.0120. The molecule has 0 aromatic heterocycles. The molecular weight excluding hydrogens is 550 g/mol. The lowest BCUT2D eigenvalue weighted by Gasteiger charge is -2.21. The molecule has 0 heterocycles. The normalized spacial score (nSPS) is 12.1. The maximum atomic E-state index is 12.6. The van der Waals surface area contributed by atoms with E-state index in [2.05, 4.69) is 25.7 Å². The zero-order chi connectivity index (χ0) is 32.4. The monoisotopic (exact) mass is 626 g/mol. The Bertz CT molecular complexity index is 614. The molecule has 0 amide bonds. The lowest BCUT2D eigenvalue weighted by Crippen LogP contribution is -2.29. The van der Waals surface area contributed by atoms with Gasteiger partial charge in [-0.2, -0.15) is 0 Å². The molecule has 0 bridgehead atoms. The zero-order valence-corrected chi connectivity index (χ0v) is 29.7. The van der Waals surface area contributed by atoms with Gasteiger partial charge in [-0.1, -0.05) is 124 Å². The van der Waals surface area contributed by atoms with Gasteiger partial charge < -0.3 is 19.5 Å². The average Bonchev–Trinajstić information content (AvgIpc) is 3.01. The summed E-state index contributed by atoms with van der Waals surface area (Å²) in [6.07, 6.45) is 30.0. The van der Waals surface area contributed by atoms with Gasteiger partial charge in [0.05, 0.1) is 13.2 Å². The SMILES string of the molecule is CCCCCCCCC(CCCCCCC)OC(=O)CCCCCN(CCO)CCCCCCCC(=O)OCCCCCC. The van der Waals surface area contributed by atoms with Crippen molar-refractivity contribution in [2.75, 3.05) is 32.8 Å². The van der Waals surface area contributed by atoms with Crippen LogP contribution >= 0.6 is 0 Å². The van der Waals surface area contributed by atoms with Crippen LogP contribution < -0.4 is 0 Å². The van der Waals surface area contributed by atoms with Crippen molar-refractivity contribution in [2.45, 2.75) is 200 Å². The molecule has 1 atom stereocenters. The molecule has 0 aliphatic heterocycles. The van der Waals surface area contributed by atoms with E-state index in [9.17, 15) is 14.7 Å². The van der Waals surface area contributed by atoms with Crippen molar-refractivity contribution >= 4 is 11.9 Å². The summed E-state index contributed by atoms with van der Waals surface area (Å²) in [4.78, 5) is 26.8. The summed E-state index contributed by atoms with van der Waals surface area (Å²) in [6, 6.07) is 0. The molecule has 0 spiro atoms. The number of esters is 2. The number of unbranched alkanes of at least 4 members (excludes halogenated alkanes) is 18. The standard InChI is InChI=1S/C38H75NO5/c1-4-7-10-13-16-21-28-36(27-20-15-11-8-5-2)44-38(42)30-23-19-25-32-39(33-34-40)31-24-18-14-17-22-29-37(41)43-35-26-12-9-6-3/h36,40H,4-35H2,1-3H3. The number of nitrogens with zero attached hydrogens (tertiary/aromatic N) is 1. The van der Waals surface area contributed by atoms with Crippen LogP contribution in [0.25, 0.3) is 0 Å². The number of aliphatic hydroxyl groups excluding tert-OH is 1. The molecule has 0 aliphatic carbocycles. The minimum Gasteiger partial charge on any atom is -0.466 e. The highest BCUT2D eigenvalue weighted by molar-refractivity contribution is 5.69. The Balaban J connectivity index is 4.04. The second kappa shape index (κ2) is 34.7. The van der Waals surface area contributed by atoms with Crippen LogP contribution in [0.1, 0.15) is 194 Å². The number of carbonyl (C=O) groups excluding carboxylic acids is 2. The Kier molecular flexibility index (Phi) is 33.8. The third-order valence-electron chi connectivity index (χ3n) is 8.70. The second-order valence-corrected chi connectivity index (χ2v) is 13.0. The Labute approximate surface area is 273 Å². The van der Waals surface area contributed by atoms with Crippen molar-refractivity contribution in [1.82, 2.24) is 4.90 Å². The number of rotatable bonds is 35. The molecule has 1 N–H and O–H groups in total. The highest BCUT2D eigenvalue weighted by atomic mass is 16.5. The van der Waals surface area contributed by atoms with Gasteiger partial charge in [0.2, 0.25) is 0 Å². The Morgan fingerprint density at radius 3 is 1.50 bits per heavy atom. The summed E-state index contributed by atoms with van der Waals surface area (Å²) in [5.41, 5.74) is 0. The predicted molar refractivity (Wildman–Crippen MR) is 186 cm³/mol. The van der Waals surface area contributed by atoms with Crippen LogP contribution in [0.3, 0.4) is 0 Å². The van der Waals surface area contributed by atoms with E-state index in [0.717, 1.165) is 90.1 Å². The first-order chi connectivity index (χ1) is 21.6. The Morgan fingerprint density at radius 2 is 0.955 bits per heavy atom. The van der Waals surface area contributed by atoms with Crippen LogP contribution in [0.5, 0.6) is 0 Å². The molecule has 6 nitrogen and oxygen atoms in total. The maximum Gasteiger partial charge on any atom is 0.306 e. The zero-order valence-electron chi connectivity index (χ0n) is 29.7. The molecule has 262 valence electrons. The topological polar surface area (TPSA) is 76.1 Å². The molecule has 6 heteroatoms. The smallest absolute Gasteiger partial charge is 0.306 e. The fourth-order valence-corrected chi connectivity index (χ4v) is 5.82. The highest BCUT2D eigenvalue weighted by Gasteiger charge is 2.14. The Hall–Kier alpha value is -1.14. The van der Waals surface area contributed by atoms with Gasteiger partial charge in [-0.3, -0.25) is 9.59 Å². The molecule has 0 radical (unpaired) electrons. The van der Waals surface area contributed by atoms with Crippen LogP contribution in [0.4, 0.5) is 0 Å². The molecule has 0 aliphatic rings. The quantitative estimate of drug-likeness (QED) is 0.0558. The summed E-state index contributed by atoms with van der Waals surface area (Å²) in [5, 5.41) is 9.50. The fourth-order valence-electron chi connectivity index (χ4n) is 5.82. The van der Waals surface area contributed by atoms with E-state index in [1.807, 2.05) is 0 Å². The van der Waals surface area contributed by atoms with Gasteiger partial charge in [-0.15, -0.1) is 0 Å². The lowest BCUT2D eigenvalue weighted by molar-refractivity contribution is -0.150. The van der Waals surface area contributed by atoms with Gasteiger partial charge in [0.25, 0.3) is 0 Å². The van der Waals surface area contributed by atoms with Crippen molar-refractivity contribution in [2.24, 2.45) is 0 Å². The van der Waals surface area contributed by atoms with E-state index in [-0.39, 0.29) is 24.6 Å². The van der Waals surface area contributed by atoms with Gasteiger partial charge in [0, 0.05) is 19.4 Å². The van der Waals surface area contributed by atoms with Gasteiger partial charge in [-0.25, -0.2) is 0 Å². The van der Waals surface area contributed by atoms with E-state index in [1.165, 1.54) is 83.5 Å². The number of ether oxygens (including phenoxy) is 2. The summed E-state index contributed by atoms with van der Waals surface area (Å²) in [6.45, 7) is 10.1. The first-order valence-electron chi connectivity index (χ1n) is 19.3. The first kappa shape index (κ1) is 42.9. The number of aliphatic hydroxyl groups is 1. The molecule has 0 rings (SSSR count). The van der Waals surface area contributed by atoms with Crippen molar-refractivity contribution in [3.63, 3.8) is 0 Å². The third kappa shape index (κ3) is 30.9. The molecule has 0 saturated carbocycles. The van der Waals surface area contributed by atoms with Gasteiger partial charge in [-0.05, 0) is 70.9 Å². The molecule has 0 aromatic carbocycles. The van der Waals surface area contributed by atoms with E-state index in [4.69, 9.17) is 9.47 Å². The van der Waals surface area contributed by atoms with Crippen LogP contribution in [0.2, 0.25) is 0 Å². The average molecular weight is 626 g/mol. The Morgan fingerprint density at radius 1 is 0.523 bits per heavy atom. The van der Waals surface area contributed by atoms with Gasteiger partial charge in [0.15, 0.2) is 0 Å². The minimum atomic E-state index is -0.0466. The van der Waals surface area contributed by atoms with Gasteiger partial charge >= 0.3 is 11.9 Å². The summed E-state index contributed by atoms with van der Waals surface area (Å²) in [5.74, 6) is -0.0586. The van der Waals surface area contributed by atoms with Crippen molar-refractivity contribution in [3.8, 4) is 0 Å². The van der Waals surface area contributed by atoms with E-state index in [1.54, 1.807) is 0 Å². The summed E-state index contributed by atoms with van der Waals surface area (Å²) < 4.78 is 11.3. The third-order valence-corrected chi connectivity index (χ3v) is 8.70. The van der Waals surface area contributed by atoms with E-state index >= 15 is 0 Å². The fraction of sp³-hybridized carbons (Fsp3) is 0.947. The maximum absolute atomic E-state index is 12.6. The van der Waals surface area contributed by atoms with E-state index < -0.39 is 0 Å². The van der Waals surface area contributed by atoms with Crippen LogP contribution in [0, 0.1) is 0 Å². The lowest BCUT2D eigenvalue weighted by atomic mass is 10.0. The second-order valence-electron chi connectivity index (χ2n) is 13.0. The highest BCUT2D eigenvalue weighted by Crippen LogP contribution is 2.18. The van der Waals surface area contributed by atoms with E-state index in [0.29, 0.717) is 26.0 Å². The number of carbonyl (C=O) groups is 2. The van der Waals surface area contributed by atoms with Crippen molar-refractivity contribution in [1.29, 1.82) is 0 Å². The molecule has 1 unspecified atom stereocenters. The molecule has 44 heavy (non-hydrogen) atoms. The van der Waals surface area contributed by atoms with Crippen molar-refractivity contribution in [3.05, 3.63) is 0 Å². The molecule has 0 saturated heterocycles. The summed E-state index contributed by atoms with van der Waals surface area (Å²) in [7, 11) is 0. The number of hydrogen-bond donors (Lipinski definition) is 1. The predicted octanol–water partition coefficient (Wildman–Crippen LogP) is 10.3.